The molecule has 8 heteroatoms. The lowest BCUT2D eigenvalue weighted by Crippen LogP contribution is -2.61. The van der Waals surface area contributed by atoms with E-state index in [4.69, 9.17) is 9.47 Å². The third kappa shape index (κ3) is 3.88. The van der Waals surface area contributed by atoms with Gasteiger partial charge in [-0.1, -0.05) is 29.8 Å². The first-order valence-electron chi connectivity index (χ1n) is 9.53. The van der Waals surface area contributed by atoms with E-state index in [1.54, 1.807) is 47.4 Å². The monoisotopic (exact) mass is 416 g/mol. The largest absolute Gasteiger partial charge is 0.496 e. The molecule has 4 rings (SSSR count). The number of carbonyl (C=O) groups is 1. The fraction of sp³-hybridized carbons (Fsp3) is 0.381. The molecule has 0 saturated carbocycles. The quantitative estimate of drug-likeness (QED) is 0.761. The summed E-state index contributed by atoms with van der Waals surface area (Å²) in [5, 5.41) is 0. The van der Waals surface area contributed by atoms with Crippen molar-refractivity contribution in [2.45, 2.75) is 24.0 Å². The van der Waals surface area contributed by atoms with Gasteiger partial charge in [0.15, 0.2) is 0 Å². The summed E-state index contributed by atoms with van der Waals surface area (Å²) in [6.45, 7) is 3.05. The summed E-state index contributed by atoms with van der Waals surface area (Å²) in [6.07, 6.45) is -0.720. The fourth-order valence-electron chi connectivity index (χ4n) is 3.87. The zero-order chi connectivity index (χ0) is 20.6. The van der Waals surface area contributed by atoms with Gasteiger partial charge in [0.05, 0.1) is 29.8 Å². The second-order valence-corrected chi connectivity index (χ2v) is 9.36. The minimum atomic E-state index is -3.59. The highest BCUT2D eigenvalue weighted by Gasteiger charge is 2.41. The second kappa shape index (κ2) is 7.78. The van der Waals surface area contributed by atoms with Gasteiger partial charge in [-0.25, -0.2) is 8.42 Å². The number of hydrogen-bond donors (Lipinski definition) is 0. The smallest absolute Gasteiger partial charge is 0.257 e. The predicted molar refractivity (Wildman–Crippen MR) is 107 cm³/mol. The fourth-order valence-corrected chi connectivity index (χ4v) is 5.37. The van der Waals surface area contributed by atoms with Crippen molar-refractivity contribution in [1.29, 1.82) is 0 Å². The molecule has 2 aromatic carbocycles. The summed E-state index contributed by atoms with van der Waals surface area (Å²) in [4.78, 5) is 15.0. The van der Waals surface area contributed by atoms with Gasteiger partial charge in [0.2, 0.25) is 10.0 Å². The molecule has 2 aromatic rings. The Morgan fingerprint density at radius 2 is 1.62 bits per heavy atom. The van der Waals surface area contributed by atoms with Crippen molar-refractivity contribution in [3.63, 3.8) is 0 Å². The van der Waals surface area contributed by atoms with Gasteiger partial charge in [-0.05, 0) is 31.2 Å². The molecule has 0 radical (unpaired) electrons. The van der Waals surface area contributed by atoms with Crippen LogP contribution in [-0.2, 0) is 14.8 Å². The Bertz CT molecular complexity index is 992. The van der Waals surface area contributed by atoms with Crippen LogP contribution in [0.2, 0.25) is 0 Å². The van der Waals surface area contributed by atoms with Crippen molar-refractivity contribution in [3.8, 4) is 5.75 Å². The van der Waals surface area contributed by atoms with Crippen LogP contribution in [0, 0.1) is 6.92 Å². The van der Waals surface area contributed by atoms with Crippen molar-refractivity contribution in [1.82, 2.24) is 9.21 Å². The van der Waals surface area contributed by atoms with E-state index in [-0.39, 0.29) is 36.1 Å². The standard InChI is InChI=1S/C21H24N2O5S/c1-15-7-9-18(10-8-15)29(25,26)23-13-16-11-22(12-17(14-23)28-16)21(24)19-5-3-4-6-20(19)27-2/h3-10,16-17H,11-14H2,1-2H3. The summed E-state index contributed by atoms with van der Waals surface area (Å²) >= 11 is 0. The number of carbonyl (C=O) groups excluding carboxylic acids is 1. The molecule has 154 valence electrons. The van der Waals surface area contributed by atoms with E-state index in [1.165, 1.54) is 11.4 Å². The highest BCUT2D eigenvalue weighted by atomic mass is 32.2. The second-order valence-electron chi connectivity index (χ2n) is 7.43. The summed E-state index contributed by atoms with van der Waals surface area (Å²) in [5.41, 5.74) is 1.51. The molecule has 2 saturated heterocycles. The Labute approximate surface area is 170 Å². The minimum absolute atomic E-state index is 0.129. The lowest BCUT2D eigenvalue weighted by molar-refractivity contribution is -0.113. The first-order chi connectivity index (χ1) is 13.9. The van der Waals surface area contributed by atoms with Crippen molar-refractivity contribution in [2.24, 2.45) is 0 Å². The molecule has 1 amide bonds. The third-order valence-electron chi connectivity index (χ3n) is 5.33. The van der Waals surface area contributed by atoms with E-state index >= 15 is 0 Å². The number of methoxy groups -OCH3 is 1. The van der Waals surface area contributed by atoms with Gasteiger partial charge in [-0.3, -0.25) is 4.79 Å². The first-order valence-corrected chi connectivity index (χ1v) is 11.0. The lowest BCUT2D eigenvalue weighted by atomic mass is 10.1. The molecule has 0 spiro atoms. The Hall–Kier alpha value is -2.42. The molecule has 7 nitrogen and oxygen atoms in total. The van der Waals surface area contributed by atoms with Gasteiger partial charge < -0.3 is 14.4 Å². The summed E-state index contributed by atoms with van der Waals surface area (Å²) in [6, 6.07) is 14.0. The van der Waals surface area contributed by atoms with Crippen LogP contribution in [0.3, 0.4) is 0 Å². The molecule has 2 bridgehead atoms. The van der Waals surface area contributed by atoms with Crippen LogP contribution in [0.25, 0.3) is 0 Å². The molecule has 0 aliphatic carbocycles. The molecule has 2 heterocycles. The van der Waals surface area contributed by atoms with Gasteiger partial charge in [-0.15, -0.1) is 0 Å². The van der Waals surface area contributed by atoms with Crippen LogP contribution in [0.4, 0.5) is 0 Å². The topological polar surface area (TPSA) is 76.2 Å². The van der Waals surface area contributed by atoms with Crippen LogP contribution in [0.5, 0.6) is 5.75 Å². The Kier molecular flexibility index (Phi) is 5.33. The van der Waals surface area contributed by atoms with Gasteiger partial charge in [0.1, 0.15) is 5.75 Å². The van der Waals surface area contributed by atoms with Crippen molar-refractivity contribution in [3.05, 3.63) is 59.7 Å². The number of para-hydroxylation sites is 1. The van der Waals surface area contributed by atoms with E-state index in [0.29, 0.717) is 24.4 Å². The first kappa shape index (κ1) is 19.9. The third-order valence-corrected chi connectivity index (χ3v) is 7.18. The highest BCUT2D eigenvalue weighted by molar-refractivity contribution is 7.89. The number of rotatable bonds is 4. The molecular weight excluding hydrogens is 392 g/mol. The van der Waals surface area contributed by atoms with E-state index < -0.39 is 10.0 Å². The Balaban J connectivity index is 1.50. The number of amides is 1. The van der Waals surface area contributed by atoms with Crippen LogP contribution in [0.15, 0.2) is 53.4 Å². The number of ether oxygens (including phenoxy) is 2. The number of aryl methyl sites for hydroxylation is 1. The average molecular weight is 416 g/mol. The van der Waals surface area contributed by atoms with E-state index in [2.05, 4.69) is 0 Å². The Morgan fingerprint density at radius 1 is 1.00 bits per heavy atom. The van der Waals surface area contributed by atoms with E-state index in [9.17, 15) is 13.2 Å². The van der Waals surface area contributed by atoms with Crippen LogP contribution in [-0.4, -0.2) is 69.0 Å². The maximum absolute atomic E-state index is 13.0. The molecule has 0 N–H and O–H groups in total. The summed E-state index contributed by atoms with van der Waals surface area (Å²) in [7, 11) is -2.06. The van der Waals surface area contributed by atoms with Crippen LogP contribution in [0.1, 0.15) is 15.9 Å². The van der Waals surface area contributed by atoms with E-state index in [0.717, 1.165) is 5.56 Å². The number of fused-ring (bicyclic) bond motifs is 2. The van der Waals surface area contributed by atoms with Gasteiger partial charge in [0, 0.05) is 26.2 Å². The number of hydrogen-bond acceptors (Lipinski definition) is 5. The SMILES string of the molecule is COc1ccccc1C(=O)N1CC2CN(S(=O)(=O)c3ccc(C)cc3)CC(C1)O2. The van der Waals surface area contributed by atoms with Crippen molar-refractivity contribution >= 4 is 15.9 Å². The maximum Gasteiger partial charge on any atom is 0.257 e. The normalized spacial score (nSPS) is 22.3. The number of sulfonamides is 1. The van der Waals surface area contributed by atoms with Gasteiger partial charge in [-0.2, -0.15) is 4.31 Å². The Morgan fingerprint density at radius 3 is 2.24 bits per heavy atom. The molecule has 2 fully saturated rings. The number of benzene rings is 2. The molecule has 29 heavy (non-hydrogen) atoms. The van der Waals surface area contributed by atoms with Gasteiger partial charge >= 0.3 is 0 Å². The summed E-state index contributed by atoms with van der Waals surface area (Å²) < 4.78 is 38.8. The summed E-state index contributed by atoms with van der Waals surface area (Å²) in [5.74, 6) is 0.397. The maximum atomic E-state index is 13.0. The van der Waals surface area contributed by atoms with E-state index in [1.807, 2.05) is 13.0 Å². The zero-order valence-corrected chi connectivity index (χ0v) is 17.3. The molecular formula is C21H24N2O5S. The van der Waals surface area contributed by atoms with Crippen LogP contribution < -0.4 is 4.74 Å². The lowest BCUT2D eigenvalue weighted by Gasteiger charge is -2.45. The molecule has 2 atom stereocenters. The molecule has 2 aliphatic rings. The predicted octanol–water partition coefficient (Wildman–Crippen LogP) is 1.92. The number of nitrogens with zero attached hydrogens (tertiary/aromatic N) is 2. The molecule has 2 aliphatic heterocycles. The number of morpholine rings is 2. The zero-order valence-electron chi connectivity index (χ0n) is 16.4. The molecule has 0 aromatic heterocycles. The minimum Gasteiger partial charge on any atom is -0.496 e. The van der Waals surface area contributed by atoms with Gasteiger partial charge in [0.25, 0.3) is 5.91 Å². The molecule has 2 unspecified atom stereocenters. The highest BCUT2D eigenvalue weighted by Crippen LogP contribution is 2.27. The average Bonchev–Trinajstić information content (AvgIpc) is 2.72. The van der Waals surface area contributed by atoms with Crippen molar-refractivity contribution in [2.75, 3.05) is 33.3 Å². The van der Waals surface area contributed by atoms with Crippen LogP contribution >= 0.6 is 0 Å². The van der Waals surface area contributed by atoms with Crippen molar-refractivity contribution < 1.29 is 22.7 Å².